The van der Waals surface area contributed by atoms with Gasteiger partial charge in [0.1, 0.15) is 11.6 Å². The summed E-state index contributed by atoms with van der Waals surface area (Å²) in [6, 6.07) is 19.9. The lowest BCUT2D eigenvalue weighted by atomic mass is 10.2. The highest BCUT2D eigenvalue weighted by atomic mass is 16.5. The Hall–Kier alpha value is -3.08. The molecule has 0 amide bonds. The number of para-hydroxylation sites is 3. The first-order valence-corrected chi connectivity index (χ1v) is 8.70. The van der Waals surface area contributed by atoms with E-state index in [-0.39, 0.29) is 6.10 Å². The molecule has 0 saturated carbocycles. The van der Waals surface area contributed by atoms with Crippen molar-refractivity contribution < 1.29 is 4.74 Å². The van der Waals surface area contributed by atoms with Gasteiger partial charge in [0.15, 0.2) is 0 Å². The number of benzene rings is 2. The molecule has 0 saturated heterocycles. The van der Waals surface area contributed by atoms with E-state index in [0.29, 0.717) is 5.95 Å². The van der Waals surface area contributed by atoms with Crippen LogP contribution in [0.5, 0.6) is 5.75 Å². The van der Waals surface area contributed by atoms with E-state index in [1.165, 1.54) is 0 Å². The van der Waals surface area contributed by atoms with Crippen molar-refractivity contribution in [2.45, 2.75) is 26.9 Å². The molecule has 1 aromatic heterocycles. The highest BCUT2D eigenvalue weighted by molar-refractivity contribution is 5.66. The van der Waals surface area contributed by atoms with Gasteiger partial charge in [-0.3, -0.25) is 0 Å². The number of nitrogens with zero attached hydrogens (tertiary/aromatic N) is 3. The zero-order chi connectivity index (χ0) is 18.5. The summed E-state index contributed by atoms with van der Waals surface area (Å²) in [6.45, 7) is 5.99. The van der Waals surface area contributed by atoms with E-state index in [1.807, 2.05) is 93.4 Å². The lowest BCUT2D eigenvalue weighted by Crippen LogP contribution is -2.14. The van der Waals surface area contributed by atoms with E-state index in [1.54, 1.807) is 0 Å². The number of aromatic nitrogens is 2. The SMILES string of the molecule is Cc1cc(Nc2ccccc2OC(C)C)nc(N(C)c2ccccc2)n1. The van der Waals surface area contributed by atoms with Crippen molar-refractivity contribution in [2.75, 3.05) is 17.3 Å². The molecule has 3 rings (SSSR count). The summed E-state index contributed by atoms with van der Waals surface area (Å²) in [5.41, 5.74) is 2.81. The molecule has 0 unspecified atom stereocenters. The van der Waals surface area contributed by atoms with Crippen LogP contribution in [-0.2, 0) is 0 Å². The topological polar surface area (TPSA) is 50.3 Å². The van der Waals surface area contributed by atoms with Crippen molar-refractivity contribution in [3.05, 3.63) is 66.4 Å². The monoisotopic (exact) mass is 348 g/mol. The number of anilines is 4. The molecule has 26 heavy (non-hydrogen) atoms. The minimum Gasteiger partial charge on any atom is -0.489 e. The molecule has 1 heterocycles. The molecular formula is C21H24N4O. The van der Waals surface area contributed by atoms with Crippen LogP contribution in [0.15, 0.2) is 60.7 Å². The highest BCUT2D eigenvalue weighted by Crippen LogP contribution is 2.29. The molecule has 2 aromatic carbocycles. The van der Waals surface area contributed by atoms with Crippen molar-refractivity contribution in [2.24, 2.45) is 0 Å². The first-order valence-electron chi connectivity index (χ1n) is 8.70. The molecule has 5 nitrogen and oxygen atoms in total. The molecule has 134 valence electrons. The standard InChI is InChI=1S/C21H24N4O/c1-15(2)26-19-13-9-8-12-18(19)23-20-14-16(3)22-21(24-20)25(4)17-10-6-5-7-11-17/h5-15H,1-4H3,(H,22,23,24). The van der Waals surface area contributed by atoms with E-state index < -0.39 is 0 Å². The fourth-order valence-corrected chi connectivity index (χ4v) is 2.60. The Morgan fingerprint density at radius 3 is 2.38 bits per heavy atom. The zero-order valence-electron chi connectivity index (χ0n) is 15.6. The van der Waals surface area contributed by atoms with Crippen LogP contribution in [0.1, 0.15) is 19.5 Å². The summed E-state index contributed by atoms with van der Waals surface area (Å²) in [5.74, 6) is 2.17. The summed E-state index contributed by atoms with van der Waals surface area (Å²) >= 11 is 0. The third-order valence-electron chi connectivity index (χ3n) is 3.80. The van der Waals surface area contributed by atoms with Gasteiger partial charge < -0.3 is 15.0 Å². The van der Waals surface area contributed by atoms with Crippen LogP contribution in [0.4, 0.5) is 23.1 Å². The molecule has 0 aliphatic heterocycles. The maximum absolute atomic E-state index is 5.88. The number of hydrogen-bond donors (Lipinski definition) is 1. The van der Waals surface area contributed by atoms with Crippen LogP contribution in [-0.4, -0.2) is 23.1 Å². The van der Waals surface area contributed by atoms with Crippen molar-refractivity contribution in [3.63, 3.8) is 0 Å². The average molecular weight is 348 g/mol. The molecule has 0 radical (unpaired) electrons. The van der Waals surface area contributed by atoms with Crippen LogP contribution in [0.25, 0.3) is 0 Å². The first kappa shape index (κ1) is 17.7. The smallest absolute Gasteiger partial charge is 0.231 e. The van der Waals surface area contributed by atoms with Gasteiger partial charge in [-0.25, -0.2) is 4.98 Å². The van der Waals surface area contributed by atoms with E-state index in [2.05, 4.69) is 15.3 Å². The maximum atomic E-state index is 5.88. The van der Waals surface area contributed by atoms with E-state index in [4.69, 9.17) is 4.74 Å². The minimum absolute atomic E-state index is 0.102. The molecule has 0 fully saturated rings. The van der Waals surface area contributed by atoms with Gasteiger partial charge >= 0.3 is 0 Å². The van der Waals surface area contributed by atoms with Gasteiger partial charge in [-0.2, -0.15) is 4.98 Å². The Balaban J connectivity index is 1.89. The van der Waals surface area contributed by atoms with Crippen LogP contribution >= 0.6 is 0 Å². The molecule has 0 spiro atoms. The molecule has 1 N–H and O–H groups in total. The number of aryl methyl sites for hydroxylation is 1. The predicted octanol–water partition coefficient (Wildman–Crippen LogP) is 5.08. The van der Waals surface area contributed by atoms with Crippen molar-refractivity contribution in [1.82, 2.24) is 9.97 Å². The van der Waals surface area contributed by atoms with Crippen molar-refractivity contribution >= 4 is 23.1 Å². The summed E-state index contributed by atoms with van der Waals surface area (Å²) < 4.78 is 5.88. The van der Waals surface area contributed by atoms with Gasteiger partial charge in [-0.15, -0.1) is 0 Å². The predicted molar refractivity (Wildman–Crippen MR) is 107 cm³/mol. The fraction of sp³-hybridized carbons (Fsp3) is 0.238. The second kappa shape index (κ2) is 7.87. The molecule has 0 aliphatic carbocycles. The van der Waals surface area contributed by atoms with Gasteiger partial charge in [0.05, 0.1) is 11.8 Å². The summed E-state index contributed by atoms with van der Waals surface area (Å²) in [7, 11) is 1.96. The number of ether oxygens (including phenoxy) is 1. The Morgan fingerprint density at radius 1 is 0.962 bits per heavy atom. The van der Waals surface area contributed by atoms with Crippen LogP contribution in [0.3, 0.4) is 0 Å². The number of hydrogen-bond acceptors (Lipinski definition) is 5. The van der Waals surface area contributed by atoms with Gasteiger partial charge in [0.2, 0.25) is 5.95 Å². The lowest BCUT2D eigenvalue weighted by molar-refractivity contribution is 0.244. The zero-order valence-corrected chi connectivity index (χ0v) is 15.6. The number of rotatable bonds is 6. The maximum Gasteiger partial charge on any atom is 0.231 e. The van der Waals surface area contributed by atoms with Gasteiger partial charge in [0, 0.05) is 24.5 Å². The summed E-state index contributed by atoms with van der Waals surface area (Å²) in [5, 5.41) is 3.36. The van der Waals surface area contributed by atoms with Gasteiger partial charge in [0.25, 0.3) is 0 Å². The van der Waals surface area contributed by atoms with Crippen LogP contribution < -0.4 is 15.0 Å². The molecule has 3 aromatic rings. The number of nitrogens with one attached hydrogen (secondary N) is 1. The van der Waals surface area contributed by atoms with Crippen molar-refractivity contribution in [3.8, 4) is 5.75 Å². The van der Waals surface area contributed by atoms with E-state index in [9.17, 15) is 0 Å². The van der Waals surface area contributed by atoms with Crippen LogP contribution in [0.2, 0.25) is 0 Å². The summed E-state index contributed by atoms with van der Waals surface area (Å²) in [6.07, 6.45) is 0.102. The Labute approximate surface area is 154 Å². The van der Waals surface area contributed by atoms with Crippen LogP contribution in [0, 0.1) is 6.92 Å². The Bertz CT molecular complexity index is 865. The summed E-state index contributed by atoms with van der Waals surface area (Å²) in [4.78, 5) is 11.2. The molecule has 0 bridgehead atoms. The second-order valence-corrected chi connectivity index (χ2v) is 6.38. The third kappa shape index (κ3) is 4.30. The quantitative estimate of drug-likeness (QED) is 0.673. The van der Waals surface area contributed by atoms with Gasteiger partial charge in [-0.1, -0.05) is 30.3 Å². The molecule has 0 aliphatic rings. The fourth-order valence-electron chi connectivity index (χ4n) is 2.60. The van der Waals surface area contributed by atoms with E-state index >= 15 is 0 Å². The van der Waals surface area contributed by atoms with E-state index in [0.717, 1.165) is 28.6 Å². The normalized spacial score (nSPS) is 10.7. The van der Waals surface area contributed by atoms with Crippen molar-refractivity contribution in [1.29, 1.82) is 0 Å². The molecule has 0 atom stereocenters. The first-order chi connectivity index (χ1) is 12.5. The molecular weight excluding hydrogens is 324 g/mol. The second-order valence-electron chi connectivity index (χ2n) is 6.38. The third-order valence-corrected chi connectivity index (χ3v) is 3.80. The highest BCUT2D eigenvalue weighted by Gasteiger charge is 2.11. The minimum atomic E-state index is 0.102. The lowest BCUT2D eigenvalue weighted by Gasteiger charge is -2.19. The Kier molecular flexibility index (Phi) is 5.37. The largest absolute Gasteiger partial charge is 0.489 e. The Morgan fingerprint density at radius 2 is 1.65 bits per heavy atom. The molecule has 5 heteroatoms. The average Bonchev–Trinajstić information content (AvgIpc) is 2.62. The van der Waals surface area contributed by atoms with Gasteiger partial charge in [-0.05, 0) is 45.0 Å².